The fraction of sp³-hybridized carbons (Fsp3) is 0.143. The summed E-state index contributed by atoms with van der Waals surface area (Å²) in [4.78, 5) is 0.630. The van der Waals surface area contributed by atoms with Crippen LogP contribution in [0.4, 0.5) is 5.69 Å². The van der Waals surface area contributed by atoms with Gasteiger partial charge in [-0.25, -0.2) is 0 Å². The van der Waals surface area contributed by atoms with Gasteiger partial charge in [0.15, 0.2) is 0 Å². The van der Waals surface area contributed by atoms with E-state index in [0.717, 1.165) is 5.56 Å². The summed E-state index contributed by atoms with van der Waals surface area (Å²) in [5.41, 5.74) is 7.18. The van der Waals surface area contributed by atoms with Gasteiger partial charge in [-0.15, -0.1) is 0 Å². The van der Waals surface area contributed by atoms with Crippen LogP contribution in [-0.4, -0.2) is 0 Å². The maximum absolute atomic E-state index is 5.70. The molecule has 0 saturated heterocycles. The fourth-order valence-corrected chi connectivity index (χ4v) is 1.35. The summed E-state index contributed by atoms with van der Waals surface area (Å²) >= 11 is 10.6. The topological polar surface area (TPSA) is 26.0 Å². The van der Waals surface area contributed by atoms with Gasteiger partial charge in [-0.1, -0.05) is 17.7 Å². The molecule has 0 aliphatic heterocycles. The van der Waals surface area contributed by atoms with Crippen molar-refractivity contribution in [2.75, 3.05) is 5.73 Å². The van der Waals surface area contributed by atoms with E-state index in [1.807, 2.05) is 6.92 Å². The zero-order valence-corrected chi connectivity index (χ0v) is 10.1. The van der Waals surface area contributed by atoms with Gasteiger partial charge in [-0.05, 0) is 18.6 Å². The summed E-state index contributed by atoms with van der Waals surface area (Å²) in [5.74, 6) is 0. The molecule has 11 heavy (non-hydrogen) atoms. The Morgan fingerprint density at radius 3 is 2.45 bits per heavy atom. The van der Waals surface area contributed by atoms with Crippen molar-refractivity contribution in [1.29, 1.82) is 0 Å². The number of aryl methyl sites for hydroxylation is 1. The molecule has 0 spiro atoms. The molecule has 4 heteroatoms. The Morgan fingerprint density at radius 2 is 2.00 bits per heavy atom. The predicted molar refractivity (Wildman–Crippen MR) is 46.2 cm³/mol. The summed E-state index contributed by atoms with van der Waals surface area (Å²) in [6.45, 7) is 1.89. The van der Waals surface area contributed by atoms with E-state index in [0.29, 0.717) is 15.6 Å². The van der Waals surface area contributed by atoms with Gasteiger partial charge in [0.2, 0.25) is 0 Å². The van der Waals surface area contributed by atoms with E-state index in [-0.39, 0.29) is 29.6 Å². The zero-order chi connectivity index (χ0) is 7.72. The van der Waals surface area contributed by atoms with E-state index in [2.05, 4.69) is 0 Å². The van der Waals surface area contributed by atoms with Crippen LogP contribution < -0.4 is 35.3 Å². The normalized spacial score (nSPS) is 8.91. The molecule has 0 atom stereocenters. The Bertz CT molecular complexity index is 242. The first-order chi connectivity index (χ1) is 4.61. The molecule has 1 aromatic carbocycles. The van der Waals surface area contributed by atoms with Crippen LogP contribution in [0.3, 0.4) is 0 Å². The van der Waals surface area contributed by atoms with E-state index in [4.69, 9.17) is 30.0 Å². The molecule has 0 aromatic heterocycles. The third-order valence-corrected chi connectivity index (χ3v) is 1.87. The number of rotatable bonds is 0. The van der Waals surface area contributed by atoms with Gasteiger partial charge >= 0.3 is 29.6 Å². The molecule has 0 heterocycles. The average Bonchev–Trinajstić information content (AvgIpc) is 1.82. The van der Waals surface area contributed by atoms with Crippen molar-refractivity contribution in [2.45, 2.75) is 11.8 Å². The van der Waals surface area contributed by atoms with Crippen LogP contribution in [0.1, 0.15) is 5.56 Å². The third-order valence-electron chi connectivity index (χ3n) is 1.31. The second-order valence-corrected chi connectivity index (χ2v) is 3.01. The number of benzene rings is 1. The number of hydrogen-bond donors (Lipinski definition) is 1. The van der Waals surface area contributed by atoms with Crippen molar-refractivity contribution in [2.24, 2.45) is 0 Å². The van der Waals surface area contributed by atoms with Gasteiger partial charge in [0.05, 0.1) is 0 Å². The summed E-state index contributed by atoms with van der Waals surface area (Å²) in [7, 11) is 0. The van der Waals surface area contributed by atoms with Crippen molar-refractivity contribution in [3.8, 4) is 0 Å². The second kappa shape index (κ2) is 4.53. The molecule has 0 unspecified atom stereocenters. The summed E-state index contributed by atoms with van der Waals surface area (Å²) in [6, 6.07) is 3.48. The largest absolute Gasteiger partial charge is 1.00 e. The molecular formula is C7H7ClNNaS. The van der Waals surface area contributed by atoms with E-state index in [1.54, 1.807) is 12.1 Å². The van der Waals surface area contributed by atoms with Crippen LogP contribution in [0.2, 0.25) is 5.02 Å². The third kappa shape index (κ3) is 2.80. The Labute approximate surface area is 99.0 Å². The minimum absolute atomic E-state index is 0. The van der Waals surface area contributed by atoms with Crippen LogP contribution in [-0.2, 0) is 12.6 Å². The molecule has 1 aromatic rings. The average molecular weight is 196 g/mol. The molecule has 0 aliphatic rings. The molecule has 0 aliphatic carbocycles. The van der Waals surface area contributed by atoms with E-state index in [9.17, 15) is 0 Å². The van der Waals surface area contributed by atoms with Gasteiger partial charge in [0.1, 0.15) is 0 Å². The Hall–Kier alpha value is 0.530. The first-order valence-corrected chi connectivity index (χ1v) is 3.62. The van der Waals surface area contributed by atoms with E-state index >= 15 is 0 Å². The van der Waals surface area contributed by atoms with Crippen LogP contribution in [0.5, 0.6) is 0 Å². The van der Waals surface area contributed by atoms with Crippen LogP contribution in [0.15, 0.2) is 17.0 Å². The maximum atomic E-state index is 5.70. The minimum atomic E-state index is 0. The first kappa shape index (κ1) is 11.5. The SMILES string of the molecule is Cc1cc(Cl)cc([S-])c1N.[Na+]. The fourth-order valence-electron chi connectivity index (χ4n) is 0.724. The van der Waals surface area contributed by atoms with Gasteiger partial charge in [0, 0.05) is 10.7 Å². The van der Waals surface area contributed by atoms with E-state index < -0.39 is 0 Å². The van der Waals surface area contributed by atoms with Gasteiger partial charge in [-0.2, -0.15) is 4.90 Å². The van der Waals surface area contributed by atoms with Crippen LogP contribution >= 0.6 is 11.6 Å². The van der Waals surface area contributed by atoms with Gasteiger partial charge in [-0.3, -0.25) is 0 Å². The second-order valence-electron chi connectivity index (χ2n) is 2.13. The van der Waals surface area contributed by atoms with Crippen LogP contribution in [0.25, 0.3) is 0 Å². The standard InChI is InChI=1S/C7H8ClNS.Na/c1-4-2-5(8)3-6(10)7(4)9;/h2-3,10H,9H2,1H3;/q;+1/p-1. The Morgan fingerprint density at radius 1 is 1.45 bits per heavy atom. The number of halogens is 1. The van der Waals surface area contributed by atoms with Crippen molar-refractivity contribution < 1.29 is 29.6 Å². The van der Waals surface area contributed by atoms with Gasteiger partial charge < -0.3 is 18.4 Å². The first-order valence-electron chi connectivity index (χ1n) is 2.84. The van der Waals surface area contributed by atoms with Crippen molar-refractivity contribution in [3.63, 3.8) is 0 Å². The van der Waals surface area contributed by atoms with Crippen molar-refractivity contribution in [1.82, 2.24) is 0 Å². The molecule has 0 bridgehead atoms. The Kier molecular flexibility index (Phi) is 4.75. The van der Waals surface area contributed by atoms with Crippen LogP contribution in [0, 0.1) is 6.92 Å². The smallest absolute Gasteiger partial charge is 0.778 e. The molecule has 0 fully saturated rings. The number of nitrogens with two attached hydrogens (primary N) is 1. The van der Waals surface area contributed by atoms with Crippen molar-refractivity contribution in [3.05, 3.63) is 22.7 Å². The quantitative estimate of drug-likeness (QED) is 0.331. The summed E-state index contributed by atoms with van der Waals surface area (Å²) < 4.78 is 0. The predicted octanol–water partition coefficient (Wildman–Crippen LogP) is -0.860. The molecule has 54 valence electrons. The van der Waals surface area contributed by atoms with Gasteiger partial charge in [0.25, 0.3) is 0 Å². The van der Waals surface area contributed by atoms with E-state index in [1.165, 1.54) is 0 Å². The Balaban J connectivity index is 0.000001000. The maximum Gasteiger partial charge on any atom is 1.00 e. The molecule has 2 N–H and O–H groups in total. The molecule has 0 saturated carbocycles. The molecule has 1 nitrogen and oxygen atoms in total. The zero-order valence-electron chi connectivity index (χ0n) is 6.52. The number of nitrogen functional groups attached to an aromatic ring is 1. The number of anilines is 1. The molecule has 0 radical (unpaired) electrons. The molecule has 0 amide bonds. The monoisotopic (exact) mass is 195 g/mol. The minimum Gasteiger partial charge on any atom is -0.778 e. The molecular weight excluding hydrogens is 189 g/mol. The summed E-state index contributed by atoms with van der Waals surface area (Å²) in [5, 5.41) is 0.650. The van der Waals surface area contributed by atoms with Crippen molar-refractivity contribution >= 4 is 29.9 Å². The summed E-state index contributed by atoms with van der Waals surface area (Å²) in [6.07, 6.45) is 0. The number of hydrogen-bond acceptors (Lipinski definition) is 2. The molecule has 1 rings (SSSR count).